The topological polar surface area (TPSA) is 64.8 Å². The molecule has 1 aliphatic rings. The lowest BCUT2D eigenvalue weighted by atomic mass is 10.3. The highest BCUT2D eigenvalue weighted by molar-refractivity contribution is 5.71. The Morgan fingerprint density at radius 3 is 2.94 bits per heavy atom. The van der Waals surface area contributed by atoms with E-state index in [1.807, 2.05) is 13.0 Å². The van der Waals surface area contributed by atoms with Gasteiger partial charge in [0.2, 0.25) is 0 Å². The first kappa shape index (κ1) is 12.7. The highest BCUT2D eigenvalue weighted by atomic mass is 16.6. The Morgan fingerprint density at radius 1 is 1.50 bits per heavy atom. The number of nitrogens with two attached hydrogens (primary N) is 1. The van der Waals surface area contributed by atoms with Crippen LogP contribution in [0.4, 0.5) is 4.79 Å². The number of rotatable bonds is 3. The van der Waals surface area contributed by atoms with Crippen molar-refractivity contribution >= 4 is 6.09 Å². The molecule has 1 amide bonds. The molecule has 0 aromatic heterocycles. The fraction of sp³-hybridized carbons (Fsp3) is 0.462. The van der Waals surface area contributed by atoms with E-state index < -0.39 is 0 Å². The molecule has 1 heterocycles. The van der Waals surface area contributed by atoms with Crippen LogP contribution < -0.4 is 15.2 Å². The van der Waals surface area contributed by atoms with Crippen LogP contribution in [0, 0.1) is 0 Å². The van der Waals surface area contributed by atoms with E-state index in [1.54, 1.807) is 23.1 Å². The normalized spacial score (nSPS) is 18.8. The van der Waals surface area contributed by atoms with Gasteiger partial charge in [0.15, 0.2) is 0 Å². The molecule has 1 unspecified atom stereocenters. The Bertz CT molecular complexity index is 422. The van der Waals surface area contributed by atoms with E-state index >= 15 is 0 Å². The Labute approximate surface area is 106 Å². The minimum atomic E-state index is -0.350. The van der Waals surface area contributed by atoms with E-state index in [0.29, 0.717) is 31.2 Å². The highest BCUT2D eigenvalue weighted by Crippen LogP contribution is 2.20. The summed E-state index contributed by atoms with van der Waals surface area (Å²) in [5, 5.41) is 0. The van der Waals surface area contributed by atoms with Crippen molar-refractivity contribution in [3.63, 3.8) is 0 Å². The lowest BCUT2D eigenvalue weighted by molar-refractivity contribution is 0.162. The third-order valence-corrected chi connectivity index (χ3v) is 2.80. The third-order valence-electron chi connectivity index (χ3n) is 2.80. The number of hydrogen-bond donors (Lipinski definition) is 1. The average molecular weight is 250 g/mol. The molecular formula is C13H18N2O3. The fourth-order valence-corrected chi connectivity index (χ4v) is 1.91. The second-order valence-electron chi connectivity index (χ2n) is 4.27. The van der Waals surface area contributed by atoms with Gasteiger partial charge >= 0.3 is 6.09 Å². The molecular weight excluding hydrogens is 232 g/mol. The van der Waals surface area contributed by atoms with Crippen molar-refractivity contribution in [1.29, 1.82) is 0 Å². The maximum Gasteiger partial charge on any atom is 0.415 e. The summed E-state index contributed by atoms with van der Waals surface area (Å²) in [6.07, 6.45) is 0.477. The molecule has 2 N–H and O–H groups in total. The minimum Gasteiger partial charge on any atom is -0.494 e. The molecule has 0 saturated carbocycles. The zero-order valence-corrected chi connectivity index (χ0v) is 10.5. The summed E-state index contributed by atoms with van der Waals surface area (Å²) >= 11 is 0. The van der Waals surface area contributed by atoms with Gasteiger partial charge in [0.1, 0.15) is 11.5 Å². The van der Waals surface area contributed by atoms with Crippen molar-refractivity contribution in [2.75, 3.05) is 19.7 Å². The molecule has 1 aliphatic heterocycles. The molecule has 0 aliphatic carbocycles. The van der Waals surface area contributed by atoms with Gasteiger partial charge < -0.3 is 20.1 Å². The van der Waals surface area contributed by atoms with Crippen LogP contribution in [0.3, 0.4) is 0 Å². The summed E-state index contributed by atoms with van der Waals surface area (Å²) in [4.78, 5) is 13.5. The monoisotopic (exact) mass is 250 g/mol. The van der Waals surface area contributed by atoms with Crippen molar-refractivity contribution in [2.24, 2.45) is 5.73 Å². The minimum absolute atomic E-state index is 0.0623. The van der Waals surface area contributed by atoms with Gasteiger partial charge in [-0.15, -0.1) is 0 Å². The summed E-state index contributed by atoms with van der Waals surface area (Å²) in [5.74, 6) is 1.19. The predicted octanol–water partition coefficient (Wildman–Crippen LogP) is 1.62. The van der Waals surface area contributed by atoms with E-state index in [0.717, 1.165) is 6.42 Å². The van der Waals surface area contributed by atoms with E-state index in [4.69, 9.17) is 15.2 Å². The summed E-state index contributed by atoms with van der Waals surface area (Å²) in [7, 11) is 0. The van der Waals surface area contributed by atoms with Crippen LogP contribution in [0.1, 0.15) is 13.3 Å². The van der Waals surface area contributed by atoms with E-state index in [9.17, 15) is 4.79 Å². The molecule has 5 nitrogen and oxygen atoms in total. The molecule has 18 heavy (non-hydrogen) atoms. The predicted molar refractivity (Wildman–Crippen MR) is 67.8 cm³/mol. The lowest BCUT2D eigenvalue weighted by Crippen LogP contribution is -2.33. The number of benzene rings is 1. The second-order valence-corrected chi connectivity index (χ2v) is 4.27. The van der Waals surface area contributed by atoms with Gasteiger partial charge in [-0.2, -0.15) is 0 Å². The highest BCUT2D eigenvalue weighted by Gasteiger charge is 2.25. The van der Waals surface area contributed by atoms with E-state index in [2.05, 4.69) is 0 Å². The van der Waals surface area contributed by atoms with Crippen molar-refractivity contribution in [3.05, 3.63) is 24.3 Å². The molecule has 1 fully saturated rings. The van der Waals surface area contributed by atoms with Crippen LogP contribution in [0.5, 0.6) is 11.5 Å². The summed E-state index contributed by atoms with van der Waals surface area (Å²) in [6.45, 7) is 3.71. The quantitative estimate of drug-likeness (QED) is 0.885. The van der Waals surface area contributed by atoms with Crippen molar-refractivity contribution in [1.82, 2.24) is 4.90 Å². The maximum atomic E-state index is 11.8. The first-order valence-corrected chi connectivity index (χ1v) is 6.14. The summed E-state index contributed by atoms with van der Waals surface area (Å²) < 4.78 is 10.6. The van der Waals surface area contributed by atoms with Crippen LogP contribution in [0.25, 0.3) is 0 Å². The molecule has 1 aromatic carbocycles. The fourth-order valence-electron chi connectivity index (χ4n) is 1.91. The largest absolute Gasteiger partial charge is 0.494 e. The number of hydrogen-bond acceptors (Lipinski definition) is 4. The molecule has 2 rings (SSSR count). The Hall–Kier alpha value is -1.75. The number of ether oxygens (including phenoxy) is 2. The van der Waals surface area contributed by atoms with Crippen molar-refractivity contribution in [3.8, 4) is 11.5 Å². The van der Waals surface area contributed by atoms with Gasteiger partial charge in [0.05, 0.1) is 6.61 Å². The maximum absolute atomic E-state index is 11.8. The molecule has 1 saturated heterocycles. The van der Waals surface area contributed by atoms with Crippen molar-refractivity contribution < 1.29 is 14.3 Å². The standard InChI is InChI=1S/C13H18N2O3/c1-2-17-11-4-3-5-12(8-11)18-13(16)15-7-6-10(14)9-15/h3-5,8,10H,2,6-7,9,14H2,1H3. The zero-order valence-electron chi connectivity index (χ0n) is 10.5. The first-order chi connectivity index (χ1) is 8.69. The summed E-state index contributed by atoms with van der Waals surface area (Å²) in [6, 6.07) is 7.12. The van der Waals surface area contributed by atoms with Crippen LogP contribution >= 0.6 is 0 Å². The second kappa shape index (κ2) is 5.73. The number of amides is 1. The number of carbonyl (C=O) groups is 1. The van der Waals surface area contributed by atoms with Gasteiger partial charge in [-0.25, -0.2) is 4.79 Å². The molecule has 0 radical (unpaired) electrons. The Kier molecular flexibility index (Phi) is 4.04. The van der Waals surface area contributed by atoms with Crippen LogP contribution in [0.2, 0.25) is 0 Å². The van der Waals surface area contributed by atoms with Gasteiger partial charge in [0, 0.05) is 25.2 Å². The van der Waals surface area contributed by atoms with Gasteiger partial charge in [-0.1, -0.05) is 6.07 Å². The third kappa shape index (κ3) is 3.13. The average Bonchev–Trinajstić information content (AvgIpc) is 2.77. The number of likely N-dealkylation sites (tertiary alicyclic amines) is 1. The van der Waals surface area contributed by atoms with E-state index in [-0.39, 0.29) is 12.1 Å². The Morgan fingerprint density at radius 2 is 2.28 bits per heavy atom. The zero-order chi connectivity index (χ0) is 13.0. The number of nitrogens with zero attached hydrogens (tertiary/aromatic N) is 1. The molecule has 1 aromatic rings. The van der Waals surface area contributed by atoms with Gasteiger partial charge in [-0.3, -0.25) is 0 Å². The smallest absolute Gasteiger partial charge is 0.415 e. The van der Waals surface area contributed by atoms with E-state index in [1.165, 1.54) is 0 Å². The van der Waals surface area contributed by atoms with Gasteiger partial charge in [-0.05, 0) is 25.5 Å². The van der Waals surface area contributed by atoms with Crippen LogP contribution in [0.15, 0.2) is 24.3 Å². The van der Waals surface area contributed by atoms with Gasteiger partial charge in [0.25, 0.3) is 0 Å². The SMILES string of the molecule is CCOc1cccc(OC(=O)N2CCC(N)C2)c1. The molecule has 98 valence electrons. The van der Waals surface area contributed by atoms with Crippen LogP contribution in [-0.2, 0) is 0 Å². The van der Waals surface area contributed by atoms with Crippen LogP contribution in [-0.4, -0.2) is 36.7 Å². The Balaban J connectivity index is 1.96. The summed E-state index contributed by atoms with van der Waals surface area (Å²) in [5.41, 5.74) is 5.75. The lowest BCUT2D eigenvalue weighted by Gasteiger charge is -2.15. The van der Waals surface area contributed by atoms with Crippen molar-refractivity contribution in [2.45, 2.75) is 19.4 Å². The molecule has 1 atom stereocenters. The molecule has 5 heteroatoms. The molecule has 0 bridgehead atoms. The number of carbonyl (C=O) groups excluding carboxylic acids is 1. The molecule has 0 spiro atoms. The first-order valence-electron chi connectivity index (χ1n) is 6.14.